The van der Waals surface area contributed by atoms with Crippen molar-refractivity contribution in [1.82, 2.24) is 0 Å². The number of carboxylic acids is 3. The fourth-order valence-corrected chi connectivity index (χ4v) is 4.29. The van der Waals surface area contributed by atoms with Crippen LogP contribution in [-0.4, -0.2) is 51.4 Å². The topological polar surface area (TPSA) is 146 Å². The lowest BCUT2D eigenvalue weighted by Crippen LogP contribution is -2.54. The number of benzene rings is 1. The maximum Gasteiger partial charge on any atom is 0.333 e. The molecule has 0 saturated carbocycles. The number of carboxylic acid groups (broad SMARTS) is 3. The van der Waals surface area contributed by atoms with Crippen LogP contribution in [-0.2, 0) is 19.8 Å². The molecule has 0 fully saturated rings. The van der Waals surface area contributed by atoms with Crippen molar-refractivity contribution in [2.24, 2.45) is 4.99 Å². The van der Waals surface area contributed by atoms with Gasteiger partial charge in [0.15, 0.2) is 11.1 Å². The minimum Gasteiger partial charge on any atom is -0.494 e. The van der Waals surface area contributed by atoms with Gasteiger partial charge in [-0.3, -0.25) is 9.79 Å². The molecule has 1 aromatic rings. The fraction of sp³-hybridized carbons (Fsp3) is 0.500. The maximum absolute atomic E-state index is 12.4. The zero-order valence-electron chi connectivity index (χ0n) is 16.7. The van der Waals surface area contributed by atoms with E-state index >= 15 is 0 Å². The van der Waals surface area contributed by atoms with Crippen LogP contribution >= 0.6 is 0 Å². The van der Waals surface area contributed by atoms with E-state index in [1.165, 1.54) is 20.1 Å². The van der Waals surface area contributed by atoms with E-state index < -0.39 is 34.4 Å². The molecule has 0 bridgehead atoms. The molecule has 156 valence electrons. The average molecular weight is 404 g/mol. The first-order chi connectivity index (χ1) is 13.5. The van der Waals surface area contributed by atoms with Crippen molar-refractivity contribution in [3.8, 4) is 5.75 Å². The van der Waals surface area contributed by atoms with Gasteiger partial charge < -0.3 is 25.4 Å². The minimum absolute atomic E-state index is 0.0957. The van der Waals surface area contributed by atoms with Crippen molar-refractivity contribution >= 4 is 29.7 Å². The molecule has 29 heavy (non-hydrogen) atoms. The van der Waals surface area contributed by atoms with E-state index in [9.17, 15) is 29.7 Å². The average Bonchev–Trinajstić information content (AvgIpc) is 3.06. The van der Waals surface area contributed by atoms with Gasteiger partial charge in [-0.2, -0.15) is 0 Å². The molecule has 2 aliphatic heterocycles. The van der Waals surface area contributed by atoms with E-state index in [0.717, 1.165) is 0 Å². The van der Waals surface area contributed by atoms with Crippen LogP contribution in [0.4, 0.5) is 5.69 Å². The van der Waals surface area contributed by atoms with Crippen molar-refractivity contribution < 1.29 is 34.4 Å². The summed E-state index contributed by atoms with van der Waals surface area (Å²) in [6.45, 7) is 4.80. The number of fused-ring (bicyclic) bond motifs is 3. The van der Waals surface area contributed by atoms with Crippen molar-refractivity contribution in [1.29, 1.82) is 0 Å². The first kappa shape index (κ1) is 20.6. The molecule has 3 unspecified atom stereocenters. The van der Waals surface area contributed by atoms with Gasteiger partial charge in [0.05, 0.1) is 12.5 Å². The second-order valence-electron chi connectivity index (χ2n) is 7.78. The summed E-state index contributed by atoms with van der Waals surface area (Å²) in [4.78, 5) is 40.9. The summed E-state index contributed by atoms with van der Waals surface area (Å²) in [6.07, 6.45) is 1.60. The number of hydrogen-bond acceptors (Lipinski definition) is 6. The smallest absolute Gasteiger partial charge is 0.333 e. The summed E-state index contributed by atoms with van der Waals surface area (Å²) >= 11 is 0. The van der Waals surface area contributed by atoms with E-state index in [1.54, 1.807) is 19.9 Å². The predicted octanol–water partition coefficient (Wildman–Crippen LogP) is 0.734. The van der Waals surface area contributed by atoms with E-state index in [-0.39, 0.29) is 35.9 Å². The van der Waals surface area contributed by atoms with Gasteiger partial charge in [0.2, 0.25) is 0 Å². The van der Waals surface area contributed by atoms with Gasteiger partial charge in [-0.1, -0.05) is 13.8 Å². The molecule has 0 amide bonds. The number of aliphatic carboxylic acids is 3. The Morgan fingerprint density at radius 2 is 1.79 bits per heavy atom. The molecule has 1 aromatic carbocycles. The van der Waals surface area contributed by atoms with Crippen LogP contribution in [0.25, 0.3) is 6.08 Å². The molecule has 3 atom stereocenters. The first-order valence-corrected chi connectivity index (χ1v) is 9.33. The summed E-state index contributed by atoms with van der Waals surface area (Å²) in [5.74, 6) is -3.31. The Bertz CT molecular complexity index is 1050. The lowest BCUT2D eigenvalue weighted by molar-refractivity contribution is -0.149. The molecule has 4 N–H and O–H groups in total. The number of nitrogens with one attached hydrogen (secondary N) is 1. The summed E-state index contributed by atoms with van der Waals surface area (Å²) in [5, 5.41) is 33.3. The molecular formula is C20H24N2O7. The Morgan fingerprint density at radius 3 is 2.24 bits per heavy atom. The van der Waals surface area contributed by atoms with Gasteiger partial charge in [0.25, 0.3) is 0 Å². The SMILES string of the molecule is CCC1(C(=O)O)CC(C)(C(=O)O)c2c3c(cc(OC)c2=N1)=CC(CC)(C(=O)O)N3. The number of carbonyl (C=O) groups is 3. The molecule has 9 nitrogen and oxygen atoms in total. The third-order valence-electron chi connectivity index (χ3n) is 6.18. The summed E-state index contributed by atoms with van der Waals surface area (Å²) in [5.41, 5.74) is -4.05. The summed E-state index contributed by atoms with van der Waals surface area (Å²) in [7, 11) is 1.38. The predicted molar refractivity (Wildman–Crippen MR) is 103 cm³/mol. The zero-order chi connectivity index (χ0) is 21.8. The molecule has 0 aliphatic carbocycles. The van der Waals surface area contributed by atoms with Crippen LogP contribution < -0.4 is 20.6 Å². The Labute approximate surface area is 166 Å². The Hall–Kier alpha value is -3.10. The van der Waals surface area contributed by atoms with Crippen LogP contribution in [0.1, 0.15) is 45.6 Å². The highest BCUT2D eigenvalue weighted by atomic mass is 16.5. The molecule has 9 heteroatoms. The van der Waals surface area contributed by atoms with Gasteiger partial charge >= 0.3 is 17.9 Å². The standard InChI is InChI=1S/C20H24N2O7/c1-5-19(16(25)26)8-10-7-11(29-4)14-12(13(10)21-19)18(3,15(23)24)9-20(6-2,22-14)17(27)28/h7-8,21H,5-6,9H2,1-4H3,(H,23,24)(H,25,26)(H,27,28). The van der Waals surface area contributed by atoms with Gasteiger partial charge in [-0.15, -0.1) is 0 Å². The molecule has 0 saturated heterocycles. The van der Waals surface area contributed by atoms with E-state index in [2.05, 4.69) is 10.3 Å². The van der Waals surface area contributed by atoms with Gasteiger partial charge in [-0.25, -0.2) is 9.59 Å². The molecule has 2 heterocycles. The second kappa shape index (κ2) is 6.47. The largest absolute Gasteiger partial charge is 0.494 e. The highest BCUT2D eigenvalue weighted by Gasteiger charge is 2.54. The molecular weight excluding hydrogens is 380 g/mol. The second-order valence-corrected chi connectivity index (χ2v) is 7.78. The number of anilines is 1. The molecule has 0 aromatic heterocycles. The minimum atomic E-state index is -1.63. The molecule has 0 spiro atoms. The molecule has 3 rings (SSSR count). The van der Waals surface area contributed by atoms with Crippen LogP contribution in [0.15, 0.2) is 11.1 Å². The van der Waals surface area contributed by atoms with Crippen LogP contribution in [0.2, 0.25) is 0 Å². The Morgan fingerprint density at radius 1 is 1.14 bits per heavy atom. The molecule has 2 aliphatic rings. The van der Waals surface area contributed by atoms with Crippen molar-refractivity contribution in [2.45, 2.75) is 56.5 Å². The van der Waals surface area contributed by atoms with E-state index in [1.807, 2.05) is 0 Å². The highest BCUT2D eigenvalue weighted by molar-refractivity contribution is 5.96. The van der Waals surface area contributed by atoms with Gasteiger partial charge in [-0.05, 0) is 31.9 Å². The van der Waals surface area contributed by atoms with Gasteiger partial charge in [0.1, 0.15) is 11.1 Å². The number of hydrogen-bond donors (Lipinski definition) is 4. The Balaban J connectivity index is 2.48. The summed E-state index contributed by atoms with van der Waals surface area (Å²) < 4.78 is 5.42. The highest BCUT2D eigenvalue weighted by Crippen LogP contribution is 2.43. The zero-order valence-corrected chi connectivity index (χ0v) is 16.7. The van der Waals surface area contributed by atoms with Gasteiger partial charge in [0, 0.05) is 22.9 Å². The van der Waals surface area contributed by atoms with Crippen LogP contribution in [0, 0.1) is 0 Å². The van der Waals surface area contributed by atoms with E-state index in [4.69, 9.17) is 4.74 Å². The number of rotatable bonds is 6. The van der Waals surface area contributed by atoms with Crippen LogP contribution in [0.5, 0.6) is 5.75 Å². The van der Waals surface area contributed by atoms with Crippen LogP contribution in [0.3, 0.4) is 0 Å². The monoisotopic (exact) mass is 404 g/mol. The third-order valence-corrected chi connectivity index (χ3v) is 6.18. The first-order valence-electron chi connectivity index (χ1n) is 9.33. The molecule has 0 radical (unpaired) electrons. The maximum atomic E-state index is 12.4. The number of ether oxygens (including phenoxy) is 1. The van der Waals surface area contributed by atoms with Crippen molar-refractivity contribution in [3.05, 3.63) is 22.2 Å². The Kier molecular flexibility index (Phi) is 4.60. The van der Waals surface area contributed by atoms with Crippen molar-refractivity contribution in [2.75, 3.05) is 12.4 Å². The number of methoxy groups -OCH3 is 1. The lowest BCUT2D eigenvalue weighted by atomic mass is 9.68. The third kappa shape index (κ3) is 2.67. The number of nitrogens with zero attached hydrogens (tertiary/aromatic N) is 1. The van der Waals surface area contributed by atoms with Crippen molar-refractivity contribution in [3.63, 3.8) is 0 Å². The summed E-state index contributed by atoms with van der Waals surface area (Å²) in [6, 6.07) is 1.57. The normalized spacial score (nSPS) is 29.5. The quantitative estimate of drug-likeness (QED) is 0.543. The van der Waals surface area contributed by atoms with E-state index in [0.29, 0.717) is 10.9 Å². The fourth-order valence-electron chi connectivity index (χ4n) is 4.29. The lowest BCUT2D eigenvalue weighted by Gasteiger charge is -2.39.